The molecule has 6 nitrogen and oxygen atoms in total. The second-order valence-electron chi connectivity index (χ2n) is 3.75. The van der Waals surface area contributed by atoms with Crippen LogP contribution in [0.5, 0.6) is 0 Å². The fourth-order valence-corrected chi connectivity index (χ4v) is 1.79. The molecule has 1 aromatic heterocycles. The maximum atomic E-state index is 10.9. The van der Waals surface area contributed by atoms with Crippen molar-refractivity contribution in [3.63, 3.8) is 0 Å². The number of aromatic nitrogens is 1. The molecule has 0 aromatic carbocycles. The average molecular weight is 257 g/mol. The number of nitrogens with one attached hydrogen (secondary N) is 1. The molecule has 0 unspecified atom stereocenters. The summed E-state index contributed by atoms with van der Waals surface area (Å²) in [6.07, 6.45) is 4.33. The summed E-state index contributed by atoms with van der Waals surface area (Å²) in [5.41, 5.74) is 5.95. The SMILES string of the molecule is CS(=O)(=O)Nc1ccc(CCCC(N)=O)cn1. The van der Waals surface area contributed by atoms with E-state index in [9.17, 15) is 13.2 Å². The molecule has 94 valence electrons. The number of nitrogens with two attached hydrogens (primary N) is 1. The van der Waals surface area contributed by atoms with Crippen LogP contribution in [0.4, 0.5) is 5.82 Å². The van der Waals surface area contributed by atoms with Crippen LogP contribution in [0.15, 0.2) is 18.3 Å². The highest BCUT2D eigenvalue weighted by molar-refractivity contribution is 7.92. The van der Waals surface area contributed by atoms with E-state index in [4.69, 9.17) is 5.73 Å². The third-order valence-corrected chi connectivity index (χ3v) is 2.58. The van der Waals surface area contributed by atoms with Crippen LogP contribution < -0.4 is 10.5 Å². The Hall–Kier alpha value is -1.63. The molecule has 0 fully saturated rings. The van der Waals surface area contributed by atoms with Crippen molar-refractivity contribution in [2.75, 3.05) is 11.0 Å². The van der Waals surface area contributed by atoms with Crippen LogP contribution in [-0.2, 0) is 21.2 Å². The predicted octanol–water partition coefficient (Wildman–Crippen LogP) is 0.261. The summed E-state index contributed by atoms with van der Waals surface area (Å²) < 4.78 is 24.1. The van der Waals surface area contributed by atoms with Crippen molar-refractivity contribution >= 4 is 21.7 Å². The Kier molecular flexibility index (Phi) is 4.45. The number of pyridine rings is 1. The van der Waals surface area contributed by atoms with Gasteiger partial charge in [-0.3, -0.25) is 9.52 Å². The number of nitrogens with zero attached hydrogens (tertiary/aromatic N) is 1. The highest BCUT2D eigenvalue weighted by Crippen LogP contribution is 2.09. The second-order valence-corrected chi connectivity index (χ2v) is 5.49. The molecule has 0 aliphatic carbocycles. The zero-order chi connectivity index (χ0) is 12.9. The Morgan fingerprint density at radius 2 is 2.18 bits per heavy atom. The van der Waals surface area contributed by atoms with Gasteiger partial charge in [0.05, 0.1) is 6.26 Å². The normalized spacial score (nSPS) is 11.1. The van der Waals surface area contributed by atoms with Gasteiger partial charge in [0.15, 0.2) is 0 Å². The minimum Gasteiger partial charge on any atom is -0.370 e. The number of sulfonamides is 1. The molecule has 0 aliphatic heterocycles. The molecule has 0 saturated carbocycles. The van der Waals surface area contributed by atoms with E-state index < -0.39 is 10.0 Å². The van der Waals surface area contributed by atoms with Crippen LogP contribution >= 0.6 is 0 Å². The number of carbonyl (C=O) groups excluding carboxylic acids is 1. The van der Waals surface area contributed by atoms with Crippen LogP contribution in [0.25, 0.3) is 0 Å². The predicted molar refractivity (Wildman–Crippen MR) is 64.8 cm³/mol. The van der Waals surface area contributed by atoms with Crippen molar-refractivity contribution in [3.8, 4) is 0 Å². The number of hydrogen-bond donors (Lipinski definition) is 2. The van der Waals surface area contributed by atoms with Crippen molar-refractivity contribution in [1.82, 2.24) is 4.98 Å². The van der Waals surface area contributed by atoms with Crippen LogP contribution in [0.3, 0.4) is 0 Å². The Balaban J connectivity index is 2.53. The molecule has 3 N–H and O–H groups in total. The van der Waals surface area contributed by atoms with Crippen molar-refractivity contribution in [3.05, 3.63) is 23.9 Å². The van der Waals surface area contributed by atoms with Crippen molar-refractivity contribution in [2.45, 2.75) is 19.3 Å². The summed E-state index contributed by atoms with van der Waals surface area (Å²) in [6, 6.07) is 3.35. The van der Waals surface area contributed by atoms with Crippen LogP contribution in [0.1, 0.15) is 18.4 Å². The first-order valence-electron chi connectivity index (χ1n) is 5.08. The number of rotatable bonds is 6. The lowest BCUT2D eigenvalue weighted by Gasteiger charge is -2.04. The smallest absolute Gasteiger partial charge is 0.230 e. The molecular formula is C10H15N3O3S. The third kappa shape index (κ3) is 5.86. The molecule has 1 amide bonds. The van der Waals surface area contributed by atoms with Gasteiger partial charge in [-0.05, 0) is 24.5 Å². The molecule has 1 heterocycles. The van der Waals surface area contributed by atoms with Crippen molar-refractivity contribution < 1.29 is 13.2 Å². The van der Waals surface area contributed by atoms with Gasteiger partial charge in [-0.1, -0.05) is 6.07 Å². The number of amides is 1. The highest BCUT2D eigenvalue weighted by Gasteiger charge is 2.03. The molecule has 0 aliphatic rings. The average Bonchev–Trinajstić information content (AvgIpc) is 2.18. The van der Waals surface area contributed by atoms with E-state index in [-0.39, 0.29) is 11.7 Å². The van der Waals surface area contributed by atoms with E-state index >= 15 is 0 Å². The van der Waals surface area contributed by atoms with E-state index in [1.807, 2.05) is 0 Å². The van der Waals surface area contributed by atoms with Crippen molar-refractivity contribution in [1.29, 1.82) is 0 Å². The summed E-state index contributed by atoms with van der Waals surface area (Å²) in [7, 11) is -3.29. The molecular weight excluding hydrogens is 242 g/mol. The summed E-state index contributed by atoms with van der Waals surface area (Å²) >= 11 is 0. The van der Waals surface area contributed by atoms with Gasteiger partial charge in [0.1, 0.15) is 5.82 Å². The highest BCUT2D eigenvalue weighted by atomic mass is 32.2. The van der Waals surface area contributed by atoms with Gasteiger partial charge in [0.2, 0.25) is 15.9 Å². The van der Waals surface area contributed by atoms with E-state index in [0.717, 1.165) is 11.8 Å². The summed E-state index contributed by atoms with van der Waals surface area (Å²) in [4.78, 5) is 14.5. The molecule has 7 heteroatoms. The van der Waals surface area contributed by atoms with Crippen molar-refractivity contribution in [2.24, 2.45) is 5.73 Å². The zero-order valence-electron chi connectivity index (χ0n) is 9.51. The Labute approximate surface area is 100 Å². The van der Waals surface area contributed by atoms with Gasteiger partial charge in [0, 0.05) is 12.6 Å². The van der Waals surface area contributed by atoms with Gasteiger partial charge < -0.3 is 5.73 Å². The minimum atomic E-state index is -3.29. The lowest BCUT2D eigenvalue weighted by molar-refractivity contribution is -0.118. The number of carbonyl (C=O) groups is 1. The van der Waals surface area contributed by atoms with E-state index in [1.54, 1.807) is 18.3 Å². The molecule has 0 spiro atoms. The molecule has 0 atom stereocenters. The van der Waals surface area contributed by atoms with E-state index in [1.165, 1.54) is 0 Å². The number of hydrogen-bond acceptors (Lipinski definition) is 4. The van der Waals surface area contributed by atoms with Gasteiger partial charge >= 0.3 is 0 Å². The standard InChI is InChI=1S/C10H15N3O3S/c1-17(15,16)13-10-6-5-8(7-12-10)3-2-4-9(11)14/h5-7H,2-4H2,1H3,(H2,11,14)(H,12,13). The quantitative estimate of drug-likeness (QED) is 0.763. The fourth-order valence-electron chi connectivity index (χ4n) is 1.29. The van der Waals surface area contributed by atoms with Crippen LogP contribution in [0.2, 0.25) is 0 Å². The molecule has 17 heavy (non-hydrogen) atoms. The molecule has 0 radical (unpaired) electrons. The lowest BCUT2D eigenvalue weighted by atomic mass is 10.1. The van der Waals surface area contributed by atoms with Crippen LogP contribution in [-0.4, -0.2) is 25.6 Å². The molecule has 0 saturated heterocycles. The first kappa shape index (κ1) is 13.4. The Morgan fingerprint density at radius 3 is 2.65 bits per heavy atom. The molecule has 0 bridgehead atoms. The maximum Gasteiger partial charge on any atom is 0.230 e. The van der Waals surface area contributed by atoms with Gasteiger partial charge in [-0.25, -0.2) is 13.4 Å². The number of primary amides is 1. The monoisotopic (exact) mass is 257 g/mol. The number of anilines is 1. The zero-order valence-corrected chi connectivity index (χ0v) is 10.3. The fraction of sp³-hybridized carbons (Fsp3) is 0.400. The Bertz CT molecular complexity index is 482. The first-order valence-corrected chi connectivity index (χ1v) is 6.97. The van der Waals surface area contributed by atoms with Crippen LogP contribution in [0, 0.1) is 0 Å². The molecule has 1 rings (SSSR count). The van der Waals surface area contributed by atoms with Gasteiger partial charge in [-0.15, -0.1) is 0 Å². The lowest BCUT2D eigenvalue weighted by Crippen LogP contribution is -2.11. The maximum absolute atomic E-state index is 10.9. The summed E-state index contributed by atoms with van der Waals surface area (Å²) in [5.74, 6) is -0.0422. The number of aryl methyl sites for hydroxylation is 1. The largest absolute Gasteiger partial charge is 0.370 e. The third-order valence-electron chi connectivity index (χ3n) is 2.00. The minimum absolute atomic E-state index is 0.283. The molecule has 1 aromatic rings. The topological polar surface area (TPSA) is 102 Å². The van der Waals surface area contributed by atoms with Gasteiger partial charge in [-0.2, -0.15) is 0 Å². The second kappa shape index (κ2) is 5.62. The summed E-state index contributed by atoms with van der Waals surface area (Å²) in [6.45, 7) is 0. The van der Waals surface area contributed by atoms with E-state index in [0.29, 0.717) is 19.3 Å². The summed E-state index contributed by atoms with van der Waals surface area (Å²) in [5, 5.41) is 0. The first-order chi connectivity index (χ1) is 7.87. The van der Waals surface area contributed by atoms with E-state index in [2.05, 4.69) is 9.71 Å². The Morgan fingerprint density at radius 1 is 1.47 bits per heavy atom. The van der Waals surface area contributed by atoms with Gasteiger partial charge in [0.25, 0.3) is 0 Å².